The second-order valence-corrected chi connectivity index (χ2v) is 7.06. The van der Waals surface area contributed by atoms with Crippen molar-refractivity contribution in [2.24, 2.45) is 5.10 Å². The predicted octanol–water partition coefficient (Wildman–Crippen LogP) is 4.66. The van der Waals surface area contributed by atoms with E-state index in [4.69, 9.17) is 14.2 Å². The van der Waals surface area contributed by atoms with Gasteiger partial charge in [-0.1, -0.05) is 36.4 Å². The van der Waals surface area contributed by atoms with E-state index in [-0.39, 0.29) is 12.5 Å². The van der Waals surface area contributed by atoms with Gasteiger partial charge in [0, 0.05) is 0 Å². The van der Waals surface area contributed by atoms with Crippen molar-refractivity contribution < 1.29 is 19.0 Å². The van der Waals surface area contributed by atoms with Gasteiger partial charge in [-0.25, -0.2) is 5.43 Å². The molecule has 0 aliphatic rings. The number of halogens is 1. The Kier molecular flexibility index (Phi) is 7.45. The maximum atomic E-state index is 12.0. The van der Waals surface area contributed by atoms with Crippen LogP contribution in [0.1, 0.15) is 5.56 Å². The predicted molar refractivity (Wildman–Crippen MR) is 120 cm³/mol. The summed E-state index contributed by atoms with van der Waals surface area (Å²) in [7, 11) is 3.13. The summed E-state index contributed by atoms with van der Waals surface area (Å²) in [5, 5.41) is 3.95. The Morgan fingerprint density at radius 3 is 2.37 bits per heavy atom. The fourth-order valence-electron chi connectivity index (χ4n) is 2.72. The van der Waals surface area contributed by atoms with E-state index in [1.807, 2.05) is 48.5 Å². The number of hydrogen-bond acceptors (Lipinski definition) is 5. The van der Waals surface area contributed by atoms with E-state index in [1.165, 1.54) is 6.21 Å². The maximum absolute atomic E-state index is 12.0. The zero-order chi connectivity index (χ0) is 21.3. The van der Waals surface area contributed by atoms with Crippen molar-refractivity contribution in [1.29, 1.82) is 0 Å². The molecule has 0 heterocycles. The van der Waals surface area contributed by atoms with Crippen LogP contribution in [-0.4, -0.2) is 32.9 Å². The van der Waals surface area contributed by atoms with Crippen LogP contribution in [0.15, 0.2) is 76.3 Å². The number of rotatable bonds is 8. The fourth-order valence-corrected chi connectivity index (χ4v) is 3.21. The lowest BCUT2D eigenvalue weighted by atomic mass is 10.1. The monoisotopic (exact) mass is 468 g/mol. The molecule has 3 rings (SSSR count). The number of ether oxygens (including phenoxy) is 3. The van der Waals surface area contributed by atoms with Crippen molar-refractivity contribution in [2.75, 3.05) is 20.8 Å². The highest BCUT2D eigenvalue weighted by Gasteiger charge is 2.07. The van der Waals surface area contributed by atoms with Gasteiger partial charge < -0.3 is 14.2 Å². The standard InChI is InChI=1S/C23H21BrN2O4/c1-28-21-10-8-16(12-22(21)29-2)14-25-26-23(27)15-30-20-11-9-18(13-19(20)24)17-6-4-3-5-7-17/h3-14H,15H2,1-2H3,(H,26,27)/b25-14+. The molecule has 3 aromatic rings. The lowest BCUT2D eigenvalue weighted by molar-refractivity contribution is -0.123. The zero-order valence-corrected chi connectivity index (χ0v) is 18.2. The van der Waals surface area contributed by atoms with E-state index in [2.05, 4.69) is 26.5 Å². The molecule has 0 aliphatic heterocycles. The Bertz CT molecular complexity index is 1040. The van der Waals surface area contributed by atoms with Crippen molar-refractivity contribution in [3.63, 3.8) is 0 Å². The minimum atomic E-state index is -0.370. The van der Waals surface area contributed by atoms with Gasteiger partial charge >= 0.3 is 0 Å². The second-order valence-electron chi connectivity index (χ2n) is 6.21. The van der Waals surface area contributed by atoms with Gasteiger partial charge in [-0.2, -0.15) is 5.10 Å². The number of hydrogen-bond donors (Lipinski definition) is 1. The van der Waals surface area contributed by atoms with Crippen LogP contribution >= 0.6 is 15.9 Å². The molecule has 154 valence electrons. The molecule has 1 N–H and O–H groups in total. The molecule has 0 aliphatic carbocycles. The molecule has 3 aromatic carbocycles. The molecular formula is C23H21BrN2O4. The van der Waals surface area contributed by atoms with Crippen LogP contribution in [0.3, 0.4) is 0 Å². The number of carbonyl (C=O) groups is 1. The highest BCUT2D eigenvalue weighted by molar-refractivity contribution is 9.10. The summed E-state index contributed by atoms with van der Waals surface area (Å²) in [5.41, 5.74) is 5.36. The van der Waals surface area contributed by atoms with Gasteiger partial charge in [-0.15, -0.1) is 0 Å². The highest BCUT2D eigenvalue weighted by Crippen LogP contribution is 2.30. The molecule has 0 unspecified atom stereocenters. The fraction of sp³-hybridized carbons (Fsp3) is 0.130. The summed E-state index contributed by atoms with van der Waals surface area (Å²) < 4.78 is 16.8. The third-order valence-corrected chi connectivity index (χ3v) is 4.83. The number of carbonyl (C=O) groups excluding carboxylic acids is 1. The molecule has 6 nitrogen and oxygen atoms in total. The van der Waals surface area contributed by atoms with Crippen molar-refractivity contribution in [3.8, 4) is 28.4 Å². The van der Waals surface area contributed by atoms with E-state index in [0.717, 1.165) is 21.2 Å². The first-order valence-electron chi connectivity index (χ1n) is 9.12. The summed E-state index contributed by atoms with van der Waals surface area (Å²) in [6, 6.07) is 21.1. The second kappa shape index (κ2) is 10.5. The Morgan fingerprint density at radius 1 is 0.933 bits per heavy atom. The molecule has 0 saturated heterocycles. The lowest BCUT2D eigenvalue weighted by Gasteiger charge is -2.09. The Labute approximate surface area is 183 Å². The van der Waals surface area contributed by atoms with Crippen LogP contribution in [0.5, 0.6) is 17.2 Å². The van der Waals surface area contributed by atoms with E-state index < -0.39 is 0 Å². The quantitative estimate of drug-likeness (QED) is 0.385. The first-order valence-corrected chi connectivity index (χ1v) is 9.91. The Balaban J connectivity index is 1.54. The van der Waals surface area contributed by atoms with Gasteiger partial charge in [-0.3, -0.25) is 4.79 Å². The van der Waals surface area contributed by atoms with Crippen LogP contribution in [-0.2, 0) is 4.79 Å². The summed E-state index contributed by atoms with van der Waals surface area (Å²) in [5.74, 6) is 1.41. The minimum absolute atomic E-state index is 0.160. The van der Waals surface area contributed by atoms with Gasteiger partial charge in [0.05, 0.1) is 24.9 Å². The smallest absolute Gasteiger partial charge is 0.277 e. The zero-order valence-electron chi connectivity index (χ0n) is 16.6. The first kappa shape index (κ1) is 21.4. The number of amides is 1. The first-order chi connectivity index (χ1) is 14.6. The number of benzene rings is 3. The Morgan fingerprint density at radius 2 is 1.67 bits per heavy atom. The highest BCUT2D eigenvalue weighted by atomic mass is 79.9. The van der Waals surface area contributed by atoms with Crippen LogP contribution in [0.4, 0.5) is 0 Å². The van der Waals surface area contributed by atoms with E-state index >= 15 is 0 Å². The van der Waals surface area contributed by atoms with Gasteiger partial charge in [0.25, 0.3) is 5.91 Å². The number of nitrogens with one attached hydrogen (secondary N) is 1. The third-order valence-electron chi connectivity index (χ3n) is 4.21. The molecule has 0 atom stereocenters. The summed E-state index contributed by atoms with van der Waals surface area (Å²) in [4.78, 5) is 12.0. The largest absolute Gasteiger partial charge is 0.493 e. The van der Waals surface area contributed by atoms with E-state index in [9.17, 15) is 4.79 Å². The van der Waals surface area contributed by atoms with Gasteiger partial charge in [-0.05, 0) is 63.0 Å². The average molecular weight is 469 g/mol. The minimum Gasteiger partial charge on any atom is -0.493 e. The van der Waals surface area contributed by atoms with Crippen molar-refractivity contribution in [1.82, 2.24) is 5.43 Å². The van der Waals surface area contributed by atoms with E-state index in [0.29, 0.717) is 17.2 Å². The SMILES string of the molecule is COc1ccc(/C=N/NC(=O)COc2ccc(-c3ccccc3)cc2Br)cc1OC. The summed E-state index contributed by atoms with van der Waals surface area (Å²) in [6.07, 6.45) is 1.52. The molecule has 0 fully saturated rings. The molecule has 0 aromatic heterocycles. The van der Waals surface area contributed by atoms with Gasteiger partial charge in [0.1, 0.15) is 5.75 Å². The molecule has 7 heteroatoms. The number of nitrogens with zero attached hydrogens (tertiary/aromatic N) is 1. The maximum Gasteiger partial charge on any atom is 0.277 e. The normalized spacial score (nSPS) is 10.6. The van der Waals surface area contributed by atoms with Crippen LogP contribution in [0.25, 0.3) is 11.1 Å². The lowest BCUT2D eigenvalue weighted by Crippen LogP contribution is -2.24. The van der Waals surface area contributed by atoms with Crippen molar-refractivity contribution >= 4 is 28.1 Å². The molecule has 1 amide bonds. The van der Waals surface area contributed by atoms with Crippen LogP contribution < -0.4 is 19.6 Å². The molecule has 30 heavy (non-hydrogen) atoms. The summed E-state index contributed by atoms with van der Waals surface area (Å²) in [6.45, 7) is -0.160. The topological polar surface area (TPSA) is 69.2 Å². The molecule has 0 saturated carbocycles. The van der Waals surface area contributed by atoms with E-state index in [1.54, 1.807) is 32.4 Å². The number of methoxy groups -OCH3 is 2. The molecular weight excluding hydrogens is 448 g/mol. The Hall–Kier alpha value is -3.32. The van der Waals surface area contributed by atoms with Crippen LogP contribution in [0, 0.1) is 0 Å². The average Bonchev–Trinajstić information content (AvgIpc) is 2.78. The molecule has 0 spiro atoms. The van der Waals surface area contributed by atoms with Crippen molar-refractivity contribution in [3.05, 3.63) is 76.8 Å². The van der Waals surface area contributed by atoms with Gasteiger partial charge in [0.2, 0.25) is 0 Å². The summed E-state index contributed by atoms with van der Waals surface area (Å²) >= 11 is 3.49. The molecule has 0 bridgehead atoms. The van der Waals surface area contributed by atoms with Crippen molar-refractivity contribution in [2.45, 2.75) is 0 Å². The number of hydrazone groups is 1. The third kappa shape index (κ3) is 5.61. The molecule has 0 radical (unpaired) electrons. The van der Waals surface area contributed by atoms with Gasteiger partial charge in [0.15, 0.2) is 18.1 Å². The van der Waals surface area contributed by atoms with Crippen LogP contribution in [0.2, 0.25) is 0 Å².